The Morgan fingerprint density at radius 3 is 2.28 bits per heavy atom. The smallest absolute Gasteiger partial charge is 0.266 e. The summed E-state index contributed by atoms with van der Waals surface area (Å²) < 4.78 is 24.5. The van der Waals surface area contributed by atoms with E-state index in [0.717, 1.165) is 12.1 Å². The van der Waals surface area contributed by atoms with E-state index in [2.05, 4.69) is 10.7 Å². The van der Waals surface area contributed by atoms with Crippen molar-refractivity contribution in [1.29, 1.82) is 0 Å². The highest BCUT2D eigenvalue weighted by molar-refractivity contribution is 7.89. The Labute approximate surface area is 147 Å². The van der Waals surface area contributed by atoms with Crippen molar-refractivity contribution in [3.63, 3.8) is 0 Å². The van der Waals surface area contributed by atoms with Gasteiger partial charge in [0.05, 0.1) is 16.0 Å². The fourth-order valence-electron chi connectivity index (χ4n) is 2.16. The minimum absolute atomic E-state index is 0.0445. The highest BCUT2D eigenvalue weighted by atomic mass is 35.5. The number of hydrogen-bond donors (Lipinski definition) is 3. The van der Waals surface area contributed by atoms with Crippen LogP contribution < -0.4 is 15.6 Å². The van der Waals surface area contributed by atoms with Crippen LogP contribution in [0.5, 0.6) is 0 Å². The van der Waals surface area contributed by atoms with Crippen LogP contribution in [0.1, 0.15) is 31.1 Å². The maximum absolute atomic E-state index is 12.2. The van der Waals surface area contributed by atoms with Crippen molar-refractivity contribution in [2.45, 2.75) is 4.90 Å². The molecule has 1 aliphatic heterocycles. The fourth-order valence-corrected chi connectivity index (χ4v) is 3.15. The van der Waals surface area contributed by atoms with Gasteiger partial charge in [-0.15, -0.1) is 4.83 Å². The molecule has 1 aliphatic rings. The molecule has 3 rings (SSSR count). The molecule has 3 N–H and O–H groups in total. The van der Waals surface area contributed by atoms with Gasteiger partial charge in [0.1, 0.15) is 0 Å². The van der Waals surface area contributed by atoms with Crippen LogP contribution in [-0.4, -0.2) is 26.1 Å². The summed E-state index contributed by atoms with van der Waals surface area (Å²) in [7, 11) is -4.13. The Bertz CT molecular complexity index is 1000. The molecular formula is C15H10ClN3O5S. The van der Waals surface area contributed by atoms with E-state index < -0.39 is 27.7 Å². The second kappa shape index (κ2) is 6.28. The molecule has 0 unspecified atom stereocenters. The maximum Gasteiger partial charge on any atom is 0.266 e. The quantitative estimate of drug-likeness (QED) is 0.537. The molecule has 0 atom stereocenters. The number of halogens is 1. The highest BCUT2D eigenvalue weighted by Crippen LogP contribution is 2.20. The normalized spacial score (nSPS) is 13.3. The number of sulfonamides is 1. The van der Waals surface area contributed by atoms with Crippen LogP contribution in [0.25, 0.3) is 0 Å². The summed E-state index contributed by atoms with van der Waals surface area (Å²) in [4.78, 5) is 36.7. The van der Waals surface area contributed by atoms with Gasteiger partial charge in [-0.2, -0.15) is 0 Å². The molecule has 0 radical (unpaired) electrons. The lowest BCUT2D eigenvalue weighted by Gasteiger charge is -2.09. The lowest BCUT2D eigenvalue weighted by atomic mass is 10.1. The summed E-state index contributed by atoms with van der Waals surface area (Å²) in [6.07, 6.45) is 0. The molecule has 25 heavy (non-hydrogen) atoms. The van der Waals surface area contributed by atoms with Crippen molar-refractivity contribution in [2.24, 2.45) is 0 Å². The first-order chi connectivity index (χ1) is 11.8. The van der Waals surface area contributed by atoms with Crippen LogP contribution in [0, 0.1) is 0 Å². The van der Waals surface area contributed by atoms with Crippen molar-refractivity contribution in [3.8, 4) is 0 Å². The largest absolute Gasteiger partial charge is 0.288 e. The maximum atomic E-state index is 12.2. The zero-order chi connectivity index (χ0) is 18.2. The summed E-state index contributed by atoms with van der Waals surface area (Å²) in [6.45, 7) is 0. The van der Waals surface area contributed by atoms with E-state index in [9.17, 15) is 22.8 Å². The van der Waals surface area contributed by atoms with Gasteiger partial charge in [0.2, 0.25) is 0 Å². The van der Waals surface area contributed by atoms with Gasteiger partial charge in [0.25, 0.3) is 27.7 Å². The van der Waals surface area contributed by atoms with Crippen molar-refractivity contribution in [2.75, 3.05) is 0 Å². The van der Waals surface area contributed by atoms with Crippen LogP contribution in [0.3, 0.4) is 0 Å². The van der Waals surface area contributed by atoms with Gasteiger partial charge in [0.15, 0.2) is 0 Å². The molecule has 8 nitrogen and oxygen atoms in total. The Morgan fingerprint density at radius 2 is 1.60 bits per heavy atom. The number of nitrogens with one attached hydrogen (secondary N) is 3. The van der Waals surface area contributed by atoms with Crippen LogP contribution in [-0.2, 0) is 10.0 Å². The Hall–Kier alpha value is -2.75. The summed E-state index contributed by atoms with van der Waals surface area (Å²) >= 11 is 5.71. The monoisotopic (exact) mass is 379 g/mol. The summed E-state index contributed by atoms with van der Waals surface area (Å²) in [5.41, 5.74) is 2.30. The molecule has 128 valence electrons. The minimum atomic E-state index is -4.13. The Balaban J connectivity index is 1.77. The van der Waals surface area contributed by atoms with Crippen LogP contribution in [0.15, 0.2) is 47.4 Å². The van der Waals surface area contributed by atoms with E-state index in [0.29, 0.717) is 5.02 Å². The lowest BCUT2D eigenvalue weighted by molar-refractivity contribution is 0.0877. The zero-order valence-corrected chi connectivity index (χ0v) is 13.9. The molecule has 0 spiro atoms. The SMILES string of the molecule is O=C(NNS(=O)(=O)c1ccc2c(c1)C(=O)NC2=O)c1ccc(Cl)cc1. The molecule has 0 fully saturated rings. The molecular weight excluding hydrogens is 370 g/mol. The number of carbonyl (C=O) groups is 3. The van der Waals surface area contributed by atoms with Gasteiger partial charge in [-0.25, -0.2) is 8.42 Å². The van der Waals surface area contributed by atoms with Crippen LogP contribution >= 0.6 is 11.6 Å². The predicted octanol–water partition coefficient (Wildman–Crippen LogP) is 0.847. The third-order valence-corrected chi connectivity index (χ3v) is 4.92. The van der Waals surface area contributed by atoms with Gasteiger partial charge in [-0.05, 0) is 42.5 Å². The van der Waals surface area contributed by atoms with Crippen molar-refractivity contribution in [1.82, 2.24) is 15.6 Å². The number of fused-ring (bicyclic) bond motifs is 1. The van der Waals surface area contributed by atoms with Crippen molar-refractivity contribution >= 4 is 39.3 Å². The average Bonchev–Trinajstić information content (AvgIpc) is 2.87. The summed E-state index contributed by atoms with van der Waals surface area (Å²) in [5, 5.41) is 2.50. The molecule has 0 bridgehead atoms. The second-order valence-electron chi connectivity index (χ2n) is 5.06. The number of carbonyl (C=O) groups excluding carboxylic acids is 3. The number of hydrazine groups is 1. The number of imide groups is 1. The summed E-state index contributed by atoms with van der Waals surface area (Å²) in [6, 6.07) is 9.28. The Morgan fingerprint density at radius 1 is 0.960 bits per heavy atom. The van der Waals surface area contributed by atoms with Gasteiger partial charge in [-0.1, -0.05) is 11.6 Å². The minimum Gasteiger partial charge on any atom is -0.288 e. The molecule has 1 heterocycles. The predicted molar refractivity (Wildman–Crippen MR) is 87.5 cm³/mol. The molecule has 0 aromatic heterocycles. The Kier molecular flexibility index (Phi) is 4.29. The van der Waals surface area contributed by atoms with E-state index in [1.165, 1.54) is 30.3 Å². The number of hydrogen-bond acceptors (Lipinski definition) is 5. The topological polar surface area (TPSA) is 121 Å². The van der Waals surface area contributed by atoms with Crippen LogP contribution in [0.2, 0.25) is 5.02 Å². The van der Waals surface area contributed by atoms with Gasteiger partial charge in [-0.3, -0.25) is 25.1 Å². The number of amides is 3. The van der Waals surface area contributed by atoms with Crippen molar-refractivity contribution in [3.05, 3.63) is 64.2 Å². The molecule has 3 amide bonds. The fraction of sp³-hybridized carbons (Fsp3) is 0. The molecule has 2 aromatic rings. The number of benzene rings is 2. The first-order valence-corrected chi connectivity index (χ1v) is 8.71. The molecule has 0 saturated carbocycles. The van der Waals surface area contributed by atoms with Gasteiger partial charge >= 0.3 is 0 Å². The second-order valence-corrected chi connectivity index (χ2v) is 7.18. The van der Waals surface area contributed by atoms with E-state index >= 15 is 0 Å². The molecule has 2 aromatic carbocycles. The third-order valence-electron chi connectivity index (χ3n) is 3.42. The first-order valence-electron chi connectivity index (χ1n) is 6.85. The van der Waals surface area contributed by atoms with Crippen LogP contribution in [0.4, 0.5) is 0 Å². The summed E-state index contributed by atoms with van der Waals surface area (Å²) in [5.74, 6) is -1.95. The zero-order valence-electron chi connectivity index (χ0n) is 12.4. The first kappa shape index (κ1) is 17.1. The third kappa shape index (κ3) is 3.38. The lowest BCUT2D eigenvalue weighted by Crippen LogP contribution is -2.41. The standard InChI is InChI=1S/C15H10ClN3O5S/c16-9-3-1-8(2-4-9)13(20)18-19-25(23,24)10-5-6-11-12(7-10)15(22)17-14(11)21/h1-7,19H,(H,18,20)(H,17,21,22). The van der Waals surface area contributed by atoms with E-state index in [-0.39, 0.29) is 21.6 Å². The van der Waals surface area contributed by atoms with Gasteiger partial charge < -0.3 is 0 Å². The van der Waals surface area contributed by atoms with E-state index in [4.69, 9.17) is 11.6 Å². The van der Waals surface area contributed by atoms with Gasteiger partial charge in [0, 0.05) is 10.6 Å². The number of rotatable bonds is 4. The highest BCUT2D eigenvalue weighted by Gasteiger charge is 2.28. The van der Waals surface area contributed by atoms with E-state index in [1.54, 1.807) is 0 Å². The van der Waals surface area contributed by atoms with Crippen molar-refractivity contribution < 1.29 is 22.8 Å². The molecule has 0 aliphatic carbocycles. The molecule has 10 heteroatoms. The van der Waals surface area contributed by atoms with E-state index in [1.807, 2.05) is 4.83 Å². The average molecular weight is 380 g/mol. The molecule has 0 saturated heterocycles.